The molecule has 0 saturated carbocycles. The van der Waals surface area contributed by atoms with Gasteiger partial charge in [-0.1, -0.05) is 42.5 Å². The van der Waals surface area contributed by atoms with Crippen LogP contribution in [0.1, 0.15) is 23.7 Å². The van der Waals surface area contributed by atoms with Crippen LogP contribution < -0.4 is 20.2 Å². The average molecular weight is 359 g/mol. The summed E-state index contributed by atoms with van der Waals surface area (Å²) in [4.78, 5) is 0. The maximum atomic E-state index is 9.82. The molecule has 0 fully saturated rings. The summed E-state index contributed by atoms with van der Waals surface area (Å²) in [6, 6.07) is 23.5. The van der Waals surface area contributed by atoms with Crippen LogP contribution in [0.15, 0.2) is 72.8 Å². The number of hydrogen-bond donors (Lipinski definition) is 2. The minimum atomic E-state index is -0.663. The Morgan fingerprint density at radius 3 is 2.44 bits per heavy atom. The van der Waals surface area contributed by atoms with E-state index in [0.29, 0.717) is 0 Å². The number of benzene rings is 3. The highest BCUT2D eigenvalue weighted by Crippen LogP contribution is 2.40. The molecule has 0 aromatic heterocycles. The first-order valence-electron chi connectivity index (χ1n) is 9.21. The van der Waals surface area contributed by atoms with Crippen LogP contribution in [0.3, 0.4) is 0 Å². The van der Waals surface area contributed by atoms with E-state index in [4.69, 9.17) is 9.47 Å². The van der Waals surface area contributed by atoms with Gasteiger partial charge in [0.05, 0.1) is 0 Å². The third-order valence-electron chi connectivity index (χ3n) is 4.89. The van der Waals surface area contributed by atoms with Crippen LogP contribution in [0.25, 0.3) is 0 Å². The highest BCUT2D eigenvalue weighted by atomic mass is 16.5. The molecule has 4 rings (SSSR count). The van der Waals surface area contributed by atoms with E-state index in [-0.39, 0.29) is 6.10 Å². The molecule has 3 aromatic rings. The monoisotopic (exact) mass is 359 g/mol. The zero-order valence-corrected chi connectivity index (χ0v) is 15.3. The first-order valence-corrected chi connectivity index (χ1v) is 9.21. The normalized spacial score (nSPS) is 15.3. The van der Waals surface area contributed by atoms with Crippen LogP contribution in [-0.4, -0.2) is 19.1 Å². The molecule has 0 aliphatic heterocycles. The second kappa shape index (κ2) is 7.86. The van der Waals surface area contributed by atoms with Crippen molar-refractivity contribution in [1.29, 1.82) is 0 Å². The zero-order valence-electron chi connectivity index (χ0n) is 15.3. The van der Waals surface area contributed by atoms with E-state index in [9.17, 15) is 5.02 Å². The molecule has 1 atom stereocenters. The quantitative estimate of drug-likeness (QED) is 0.662. The van der Waals surface area contributed by atoms with Gasteiger partial charge in [0.2, 0.25) is 0 Å². The second-order valence-electron chi connectivity index (χ2n) is 6.64. The van der Waals surface area contributed by atoms with E-state index in [1.807, 2.05) is 66.7 Å². The smallest absolute Gasteiger partial charge is 0.412 e. The van der Waals surface area contributed by atoms with Gasteiger partial charge in [-0.2, -0.15) is 0 Å². The third-order valence-corrected chi connectivity index (χ3v) is 4.89. The van der Waals surface area contributed by atoms with Crippen molar-refractivity contribution in [3.8, 4) is 17.2 Å². The minimum Gasteiger partial charge on any atom is -0.486 e. The van der Waals surface area contributed by atoms with Gasteiger partial charge in [-0.3, -0.25) is 0 Å². The molecule has 0 amide bonds. The number of nitrogens with one attached hydrogen (secondary N) is 1. The van der Waals surface area contributed by atoms with Crippen LogP contribution in [0.2, 0.25) is 0 Å². The molecule has 1 aliphatic rings. The molecule has 27 heavy (non-hydrogen) atoms. The molecule has 2 N–H and O–H groups in total. The molecular weight excluding hydrogens is 337 g/mol. The maximum Gasteiger partial charge on any atom is 0.412 e. The molecule has 4 nitrogen and oxygen atoms in total. The average Bonchev–Trinajstić information content (AvgIpc) is 3.13. The van der Waals surface area contributed by atoms with Crippen molar-refractivity contribution in [2.45, 2.75) is 18.9 Å². The van der Waals surface area contributed by atoms with Crippen LogP contribution in [0, 0.1) is 0 Å². The van der Waals surface area contributed by atoms with Gasteiger partial charge in [0.25, 0.3) is 0 Å². The van der Waals surface area contributed by atoms with Crippen molar-refractivity contribution in [3.05, 3.63) is 83.9 Å². The molecular formula is C22H22BNO3. The Kier molecular flexibility index (Phi) is 5.14. The van der Waals surface area contributed by atoms with Crippen molar-refractivity contribution in [2.24, 2.45) is 0 Å². The summed E-state index contributed by atoms with van der Waals surface area (Å²) < 4.78 is 12.3. The number of para-hydroxylation sites is 1. The SMILES string of the molecule is CNB(O)c1ccc(O[C@@H]2CCc3c(Oc4ccccc4)cccc32)cc1. The van der Waals surface area contributed by atoms with E-state index in [1.165, 1.54) is 11.1 Å². The van der Waals surface area contributed by atoms with Gasteiger partial charge in [0.1, 0.15) is 23.4 Å². The Labute approximate surface area is 159 Å². The molecule has 1 aliphatic carbocycles. The fraction of sp³-hybridized carbons (Fsp3) is 0.182. The number of hydrogen-bond acceptors (Lipinski definition) is 4. The first-order chi connectivity index (χ1) is 13.2. The predicted octanol–water partition coefficient (Wildman–Crippen LogP) is 3.45. The van der Waals surface area contributed by atoms with Crippen LogP contribution in [0.4, 0.5) is 0 Å². The van der Waals surface area contributed by atoms with E-state index in [0.717, 1.165) is 35.6 Å². The molecule has 136 valence electrons. The Balaban J connectivity index is 1.51. The van der Waals surface area contributed by atoms with Crippen molar-refractivity contribution < 1.29 is 14.5 Å². The van der Waals surface area contributed by atoms with Crippen molar-refractivity contribution in [3.63, 3.8) is 0 Å². The van der Waals surface area contributed by atoms with Crippen molar-refractivity contribution in [1.82, 2.24) is 5.23 Å². The summed E-state index contributed by atoms with van der Waals surface area (Å²) in [5.74, 6) is 2.54. The Morgan fingerprint density at radius 2 is 1.70 bits per heavy atom. The van der Waals surface area contributed by atoms with Gasteiger partial charge < -0.3 is 19.7 Å². The highest BCUT2D eigenvalue weighted by Gasteiger charge is 2.27. The van der Waals surface area contributed by atoms with Crippen LogP contribution >= 0.6 is 0 Å². The van der Waals surface area contributed by atoms with Gasteiger partial charge >= 0.3 is 7.05 Å². The van der Waals surface area contributed by atoms with Crippen LogP contribution in [0.5, 0.6) is 17.2 Å². The van der Waals surface area contributed by atoms with E-state index >= 15 is 0 Å². The lowest BCUT2D eigenvalue weighted by molar-refractivity contribution is 0.207. The first kappa shape index (κ1) is 17.6. The predicted molar refractivity (Wildman–Crippen MR) is 108 cm³/mol. The van der Waals surface area contributed by atoms with Gasteiger partial charge in [-0.25, -0.2) is 0 Å². The van der Waals surface area contributed by atoms with E-state index < -0.39 is 7.05 Å². The number of fused-ring (bicyclic) bond motifs is 1. The number of rotatable bonds is 6. The summed E-state index contributed by atoms with van der Waals surface area (Å²) in [6.07, 6.45) is 1.87. The second-order valence-corrected chi connectivity index (χ2v) is 6.64. The summed E-state index contributed by atoms with van der Waals surface area (Å²) in [7, 11) is 1.06. The lowest BCUT2D eigenvalue weighted by Gasteiger charge is -2.16. The van der Waals surface area contributed by atoms with Gasteiger partial charge in [0.15, 0.2) is 0 Å². The minimum absolute atomic E-state index is 0.0133. The fourth-order valence-corrected chi connectivity index (χ4v) is 3.48. The highest BCUT2D eigenvalue weighted by molar-refractivity contribution is 6.63. The summed E-state index contributed by atoms with van der Waals surface area (Å²) in [5.41, 5.74) is 3.21. The molecule has 0 spiro atoms. The Morgan fingerprint density at radius 1 is 0.926 bits per heavy atom. The van der Waals surface area contributed by atoms with Gasteiger partial charge in [0, 0.05) is 5.56 Å². The molecule has 3 aromatic carbocycles. The summed E-state index contributed by atoms with van der Waals surface area (Å²) >= 11 is 0. The largest absolute Gasteiger partial charge is 0.486 e. The molecule has 5 heteroatoms. The standard InChI is InChI=1S/C22H22BNO3/c1-24-23(25)16-10-12-18(13-11-16)27-22-15-14-20-19(22)8-5-9-21(20)26-17-6-3-2-4-7-17/h2-13,22,24-25H,14-15H2,1H3/t22-/m1/s1. The Bertz CT molecular complexity index is 899. The van der Waals surface area contributed by atoms with E-state index in [2.05, 4.69) is 11.3 Å². The van der Waals surface area contributed by atoms with Crippen molar-refractivity contribution >= 4 is 12.5 Å². The van der Waals surface area contributed by atoms with E-state index in [1.54, 1.807) is 7.05 Å². The van der Waals surface area contributed by atoms with Crippen LogP contribution in [-0.2, 0) is 6.42 Å². The molecule has 0 unspecified atom stereocenters. The molecule has 0 bridgehead atoms. The molecule has 0 heterocycles. The molecule has 0 saturated heterocycles. The maximum absolute atomic E-state index is 9.82. The van der Waals surface area contributed by atoms with Gasteiger partial charge in [-0.15, -0.1) is 0 Å². The number of ether oxygens (including phenoxy) is 2. The lowest BCUT2D eigenvalue weighted by Crippen LogP contribution is -2.42. The zero-order chi connectivity index (χ0) is 18.6. The molecule has 0 radical (unpaired) electrons. The third kappa shape index (κ3) is 3.84. The van der Waals surface area contributed by atoms with Gasteiger partial charge in [-0.05, 0) is 61.2 Å². The van der Waals surface area contributed by atoms with Crippen molar-refractivity contribution in [2.75, 3.05) is 7.05 Å². The lowest BCUT2D eigenvalue weighted by atomic mass is 9.75. The summed E-state index contributed by atoms with van der Waals surface area (Å²) in [5, 5.41) is 12.6. The topological polar surface area (TPSA) is 50.7 Å². The Hall–Kier alpha value is -2.76. The fourth-order valence-electron chi connectivity index (χ4n) is 3.48. The summed E-state index contributed by atoms with van der Waals surface area (Å²) in [6.45, 7) is 0.